The van der Waals surface area contributed by atoms with Gasteiger partial charge in [-0.3, -0.25) is 14.9 Å². The second-order valence-electron chi connectivity index (χ2n) is 9.20. The highest BCUT2D eigenvalue weighted by Crippen LogP contribution is 2.26. The van der Waals surface area contributed by atoms with Crippen molar-refractivity contribution in [2.24, 2.45) is 0 Å². The van der Waals surface area contributed by atoms with E-state index >= 15 is 0 Å². The number of likely N-dealkylation sites (tertiary alicyclic amines) is 1. The van der Waals surface area contributed by atoms with Gasteiger partial charge in [0.1, 0.15) is 0 Å². The summed E-state index contributed by atoms with van der Waals surface area (Å²) < 4.78 is 1.75. The number of non-ortho nitro benzene ring substituents is 1. The van der Waals surface area contributed by atoms with Crippen LogP contribution in [0.5, 0.6) is 0 Å². The second kappa shape index (κ2) is 11.8. The Morgan fingerprint density at radius 1 is 1.11 bits per heavy atom. The van der Waals surface area contributed by atoms with Crippen LogP contribution in [0.3, 0.4) is 0 Å². The number of carbonyl (C=O) groups is 1. The minimum absolute atomic E-state index is 0.0227. The van der Waals surface area contributed by atoms with Crippen LogP contribution in [0.15, 0.2) is 60.8 Å². The van der Waals surface area contributed by atoms with Crippen molar-refractivity contribution in [3.63, 3.8) is 0 Å². The predicted molar refractivity (Wildman–Crippen MR) is 136 cm³/mol. The van der Waals surface area contributed by atoms with Crippen LogP contribution in [-0.4, -0.2) is 51.2 Å². The van der Waals surface area contributed by atoms with Gasteiger partial charge in [0.2, 0.25) is 5.91 Å². The van der Waals surface area contributed by atoms with Gasteiger partial charge in [-0.1, -0.05) is 24.6 Å². The fraction of sp³-hybridized carbons (Fsp3) is 0.407. The van der Waals surface area contributed by atoms with E-state index in [4.69, 9.17) is 5.10 Å². The number of nitro groups is 1. The Bertz CT molecular complexity index is 1130. The van der Waals surface area contributed by atoms with Gasteiger partial charge in [0.15, 0.2) is 0 Å². The Morgan fingerprint density at radius 2 is 1.89 bits per heavy atom. The van der Waals surface area contributed by atoms with Crippen LogP contribution in [0, 0.1) is 10.1 Å². The first-order valence-corrected chi connectivity index (χ1v) is 12.4. The molecule has 1 amide bonds. The van der Waals surface area contributed by atoms with Crippen LogP contribution in [0.4, 0.5) is 5.69 Å². The molecule has 2 heterocycles. The molecule has 1 saturated heterocycles. The maximum atomic E-state index is 12.8. The van der Waals surface area contributed by atoms with Gasteiger partial charge in [0.05, 0.1) is 22.7 Å². The molecule has 0 saturated carbocycles. The van der Waals surface area contributed by atoms with E-state index in [9.17, 15) is 14.9 Å². The first kappa shape index (κ1) is 24.6. The highest BCUT2D eigenvalue weighted by Gasteiger charge is 2.18. The lowest BCUT2D eigenvalue weighted by Crippen LogP contribution is -2.38. The summed E-state index contributed by atoms with van der Waals surface area (Å²) in [6.07, 6.45) is 7.99. The van der Waals surface area contributed by atoms with Crippen LogP contribution in [-0.2, 0) is 11.2 Å². The number of aromatic nitrogens is 2. The van der Waals surface area contributed by atoms with Crippen LogP contribution >= 0.6 is 0 Å². The molecule has 3 aromatic rings. The van der Waals surface area contributed by atoms with E-state index in [1.54, 1.807) is 16.8 Å². The summed E-state index contributed by atoms with van der Waals surface area (Å²) in [7, 11) is 0. The largest absolute Gasteiger partial charge is 0.356 e. The zero-order valence-electron chi connectivity index (χ0n) is 20.2. The molecule has 2 aromatic carbocycles. The maximum Gasteiger partial charge on any atom is 0.269 e. The summed E-state index contributed by atoms with van der Waals surface area (Å²) >= 11 is 0. The van der Waals surface area contributed by atoms with Crippen LogP contribution in [0.2, 0.25) is 0 Å². The van der Waals surface area contributed by atoms with Gasteiger partial charge in [0.25, 0.3) is 5.69 Å². The minimum atomic E-state index is -0.424. The van der Waals surface area contributed by atoms with Gasteiger partial charge >= 0.3 is 0 Å². The highest BCUT2D eigenvalue weighted by molar-refractivity contribution is 5.81. The summed E-state index contributed by atoms with van der Waals surface area (Å²) in [6, 6.07) is 16.6. The molecule has 1 fully saturated rings. The number of piperidine rings is 1. The van der Waals surface area contributed by atoms with E-state index in [0.717, 1.165) is 36.2 Å². The number of amides is 1. The van der Waals surface area contributed by atoms with Crippen molar-refractivity contribution >= 4 is 11.6 Å². The fourth-order valence-corrected chi connectivity index (χ4v) is 4.63. The third kappa shape index (κ3) is 6.54. The molecule has 1 atom stereocenters. The number of nitro benzene ring substituents is 1. The normalized spacial score (nSPS) is 16.2. The van der Waals surface area contributed by atoms with Gasteiger partial charge in [-0.05, 0) is 70.0 Å². The lowest BCUT2D eigenvalue weighted by Gasteiger charge is -2.33. The number of rotatable bonds is 10. The standard InChI is InChI=1S/C27H33N5O3/c1-21-9-5-7-17-30(21)18-8-6-16-28-26(33)19-23-20-31(24-10-3-2-4-11-24)29-27(23)22-12-14-25(15-13-22)32(34)35/h2-4,10-15,20-21H,5-9,16-19H2,1H3,(H,28,33). The molecule has 0 aliphatic carbocycles. The van der Waals surface area contributed by atoms with Gasteiger partial charge in [-0.25, -0.2) is 4.68 Å². The lowest BCUT2D eigenvalue weighted by molar-refractivity contribution is -0.384. The van der Waals surface area contributed by atoms with Crippen molar-refractivity contribution < 1.29 is 9.72 Å². The average molecular weight is 476 g/mol. The number of nitrogens with zero attached hydrogens (tertiary/aromatic N) is 4. The van der Waals surface area contributed by atoms with Crippen molar-refractivity contribution in [3.05, 3.63) is 76.5 Å². The Balaban J connectivity index is 1.39. The van der Waals surface area contributed by atoms with Crippen molar-refractivity contribution in [1.29, 1.82) is 0 Å². The smallest absolute Gasteiger partial charge is 0.269 e. The van der Waals surface area contributed by atoms with Gasteiger partial charge in [-0.2, -0.15) is 5.10 Å². The summed E-state index contributed by atoms with van der Waals surface area (Å²) in [5, 5.41) is 18.8. The SMILES string of the molecule is CC1CCCCN1CCCCNC(=O)Cc1cn(-c2ccccc2)nc1-c1ccc([N+](=O)[O-])cc1. The molecule has 1 aromatic heterocycles. The molecule has 1 aliphatic heterocycles. The van der Waals surface area contributed by atoms with Crippen LogP contribution < -0.4 is 5.32 Å². The van der Waals surface area contributed by atoms with E-state index in [1.165, 1.54) is 37.9 Å². The van der Waals surface area contributed by atoms with Crippen molar-refractivity contribution in [2.75, 3.05) is 19.6 Å². The molecule has 0 bridgehead atoms. The Morgan fingerprint density at radius 3 is 2.60 bits per heavy atom. The van der Waals surface area contributed by atoms with Gasteiger partial charge < -0.3 is 10.2 Å². The number of unbranched alkanes of at least 4 members (excludes halogenated alkanes) is 1. The number of hydrogen-bond donors (Lipinski definition) is 1. The van der Waals surface area contributed by atoms with E-state index in [2.05, 4.69) is 17.1 Å². The molecule has 0 spiro atoms. The van der Waals surface area contributed by atoms with E-state index in [0.29, 0.717) is 18.3 Å². The molecule has 1 N–H and O–H groups in total. The predicted octanol–water partition coefficient (Wildman–Crippen LogP) is 4.76. The van der Waals surface area contributed by atoms with E-state index in [-0.39, 0.29) is 18.0 Å². The molecule has 8 heteroatoms. The fourth-order valence-electron chi connectivity index (χ4n) is 4.63. The first-order chi connectivity index (χ1) is 17.0. The number of benzene rings is 2. The lowest BCUT2D eigenvalue weighted by atomic mass is 10.0. The molecule has 4 rings (SSSR count). The number of hydrogen-bond acceptors (Lipinski definition) is 5. The third-order valence-electron chi connectivity index (χ3n) is 6.65. The van der Waals surface area contributed by atoms with Crippen molar-refractivity contribution in [3.8, 4) is 16.9 Å². The first-order valence-electron chi connectivity index (χ1n) is 12.4. The molecular weight excluding hydrogens is 442 g/mol. The van der Waals surface area contributed by atoms with Gasteiger partial charge in [-0.15, -0.1) is 0 Å². The second-order valence-corrected chi connectivity index (χ2v) is 9.20. The van der Waals surface area contributed by atoms with Crippen LogP contribution in [0.25, 0.3) is 16.9 Å². The summed E-state index contributed by atoms with van der Waals surface area (Å²) in [5.41, 5.74) is 3.08. The monoisotopic (exact) mass is 475 g/mol. The molecule has 1 unspecified atom stereocenters. The number of carbonyl (C=O) groups excluding carboxylic acids is 1. The summed E-state index contributed by atoms with van der Waals surface area (Å²) in [6.45, 7) is 5.23. The molecule has 184 valence electrons. The third-order valence-corrected chi connectivity index (χ3v) is 6.65. The molecular formula is C27H33N5O3. The molecule has 1 aliphatic rings. The van der Waals surface area contributed by atoms with Crippen molar-refractivity contribution in [1.82, 2.24) is 20.0 Å². The Labute approximate surface area is 206 Å². The highest BCUT2D eigenvalue weighted by atomic mass is 16.6. The Hall–Kier alpha value is -3.52. The zero-order chi connectivity index (χ0) is 24.6. The maximum absolute atomic E-state index is 12.8. The number of para-hydroxylation sites is 1. The molecule has 0 radical (unpaired) electrons. The van der Waals surface area contributed by atoms with E-state index in [1.807, 2.05) is 36.5 Å². The van der Waals surface area contributed by atoms with E-state index < -0.39 is 4.92 Å². The van der Waals surface area contributed by atoms with Gasteiger partial charge in [0, 0.05) is 42.0 Å². The van der Waals surface area contributed by atoms with Crippen LogP contribution in [0.1, 0.15) is 44.6 Å². The number of nitrogens with one attached hydrogen (secondary N) is 1. The topological polar surface area (TPSA) is 93.3 Å². The summed E-state index contributed by atoms with van der Waals surface area (Å²) in [4.78, 5) is 25.9. The zero-order valence-corrected chi connectivity index (χ0v) is 20.2. The minimum Gasteiger partial charge on any atom is -0.356 e. The Kier molecular flexibility index (Phi) is 8.26. The molecule has 35 heavy (non-hydrogen) atoms. The quantitative estimate of drug-likeness (QED) is 0.259. The average Bonchev–Trinajstić information content (AvgIpc) is 3.29. The summed E-state index contributed by atoms with van der Waals surface area (Å²) in [5.74, 6) is -0.0490. The van der Waals surface area contributed by atoms with Crippen molar-refractivity contribution in [2.45, 2.75) is 51.5 Å². The molecule has 8 nitrogen and oxygen atoms in total.